The van der Waals surface area contributed by atoms with Crippen molar-refractivity contribution in [2.24, 2.45) is 0 Å². The average Bonchev–Trinajstić information content (AvgIpc) is 3.22. The van der Waals surface area contributed by atoms with Crippen LogP contribution in [0.5, 0.6) is 17.2 Å². The van der Waals surface area contributed by atoms with Crippen molar-refractivity contribution in [2.75, 3.05) is 19.9 Å². The topological polar surface area (TPSA) is 65.1 Å². The second kappa shape index (κ2) is 7.54. The van der Waals surface area contributed by atoms with Gasteiger partial charge in [-0.1, -0.05) is 17.7 Å². The molecule has 4 rings (SSSR count). The smallest absolute Gasteiger partial charge is 0.293 e. The summed E-state index contributed by atoms with van der Waals surface area (Å²) in [7, 11) is 0. The predicted molar refractivity (Wildman–Crippen MR) is 102 cm³/mol. The van der Waals surface area contributed by atoms with Gasteiger partial charge < -0.3 is 14.2 Å². The van der Waals surface area contributed by atoms with Gasteiger partial charge in [-0.05, 0) is 59.8 Å². The molecule has 2 aromatic rings. The van der Waals surface area contributed by atoms with E-state index in [2.05, 4.69) is 0 Å². The number of hydrogen-bond donors (Lipinski definition) is 0. The fraction of sp³-hybridized carbons (Fsp3) is 0.158. The number of benzene rings is 2. The second-order valence-corrected chi connectivity index (χ2v) is 7.18. The van der Waals surface area contributed by atoms with E-state index in [0.29, 0.717) is 27.2 Å². The van der Waals surface area contributed by atoms with Crippen LogP contribution in [0.1, 0.15) is 5.56 Å². The minimum Gasteiger partial charge on any atom is -0.492 e. The number of ether oxygens (including phenoxy) is 3. The molecule has 1 fully saturated rings. The van der Waals surface area contributed by atoms with E-state index in [-0.39, 0.29) is 31.1 Å². The van der Waals surface area contributed by atoms with Crippen molar-refractivity contribution < 1.29 is 23.8 Å². The van der Waals surface area contributed by atoms with Gasteiger partial charge in [0.15, 0.2) is 11.5 Å². The van der Waals surface area contributed by atoms with Gasteiger partial charge in [0, 0.05) is 5.02 Å². The summed E-state index contributed by atoms with van der Waals surface area (Å²) in [5.74, 6) is 1.59. The van der Waals surface area contributed by atoms with Crippen LogP contribution in [0.25, 0.3) is 6.08 Å². The molecule has 6 nitrogen and oxygen atoms in total. The van der Waals surface area contributed by atoms with Crippen LogP contribution in [0, 0.1) is 0 Å². The summed E-state index contributed by atoms with van der Waals surface area (Å²) in [6.07, 6.45) is 1.67. The minimum absolute atomic E-state index is 0.172. The Morgan fingerprint density at radius 2 is 1.89 bits per heavy atom. The number of amides is 2. The minimum atomic E-state index is -0.331. The summed E-state index contributed by atoms with van der Waals surface area (Å²) in [5, 5.41) is 0.300. The monoisotopic (exact) mass is 403 g/mol. The van der Waals surface area contributed by atoms with Crippen LogP contribution in [0.2, 0.25) is 5.02 Å². The lowest BCUT2D eigenvalue weighted by Gasteiger charge is -2.13. The Morgan fingerprint density at radius 3 is 2.70 bits per heavy atom. The number of fused-ring (bicyclic) bond motifs is 1. The van der Waals surface area contributed by atoms with Crippen LogP contribution in [0.15, 0.2) is 47.4 Å². The standard InChI is InChI=1S/C19H14ClNO5S/c20-13-2-4-14(5-3-13)24-8-7-21-18(22)17(27-19(21)23)10-12-1-6-15-16(9-12)26-11-25-15/h1-6,9-10H,7-8,11H2/b17-10-. The lowest BCUT2D eigenvalue weighted by molar-refractivity contribution is -0.123. The molecule has 0 radical (unpaired) electrons. The van der Waals surface area contributed by atoms with Gasteiger partial charge in [-0.2, -0.15) is 0 Å². The summed E-state index contributed by atoms with van der Waals surface area (Å²) in [5.41, 5.74) is 0.766. The number of imide groups is 1. The van der Waals surface area contributed by atoms with Gasteiger partial charge in [-0.3, -0.25) is 14.5 Å². The van der Waals surface area contributed by atoms with Gasteiger partial charge in [0.25, 0.3) is 11.1 Å². The van der Waals surface area contributed by atoms with Crippen LogP contribution in [0.4, 0.5) is 4.79 Å². The normalized spacial score (nSPS) is 17.1. The zero-order valence-corrected chi connectivity index (χ0v) is 15.6. The molecular formula is C19H14ClNO5S. The molecule has 2 amide bonds. The van der Waals surface area contributed by atoms with Gasteiger partial charge in [-0.15, -0.1) is 0 Å². The molecule has 0 bridgehead atoms. The zero-order chi connectivity index (χ0) is 18.8. The molecule has 27 heavy (non-hydrogen) atoms. The highest BCUT2D eigenvalue weighted by Gasteiger charge is 2.34. The van der Waals surface area contributed by atoms with E-state index < -0.39 is 0 Å². The summed E-state index contributed by atoms with van der Waals surface area (Å²) >= 11 is 6.74. The molecule has 8 heteroatoms. The molecule has 0 N–H and O–H groups in total. The average molecular weight is 404 g/mol. The summed E-state index contributed by atoms with van der Waals surface area (Å²) in [6.45, 7) is 0.561. The van der Waals surface area contributed by atoms with E-state index in [0.717, 1.165) is 17.3 Å². The molecule has 1 saturated heterocycles. The third-order valence-corrected chi connectivity index (χ3v) is 5.12. The molecule has 0 aliphatic carbocycles. The number of carbonyl (C=O) groups excluding carboxylic acids is 2. The molecule has 0 aromatic heterocycles. The van der Waals surface area contributed by atoms with Crippen molar-refractivity contribution in [3.05, 3.63) is 58.0 Å². The molecule has 2 aliphatic heterocycles. The Kier molecular flexibility index (Phi) is 4.96. The van der Waals surface area contributed by atoms with Gasteiger partial charge in [-0.25, -0.2) is 0 Å². The number of nitrogens with zero attached hydrogens (tertiary/aromatic N) is 1. The zero-order valence-electron chi connectivity index (χ0n) is 14.0. The highest BCUT2D eigenvalue weighted by atomic mass is 35.5. The number of hydrogen-bond acceptors (Lipinski definition) is 6. The molecule has 0 saturated carbocycles. The molecule has 0 atom stereocenters. The molecule has 0 unspecified atom stereocenters. The van der Waals surface area contributed by atoms with Crippen molar-refractivity contribution in [1.29, 1.82) is 0 Å². The van der Waals surface area contributed by atoms with E-state index >= 15 is 0 Å². The highest BCUT2D eigenvalue weighted by Crippen LogP contribution is 2.36. The SMILES string of the molecule is O=C1S/C(=C\c2ccc3c(c2)OCO3)C(=O)N1CCOc1ccc(Cl)cc1. The Hall–Kier alpha value is -2.64. The maximum atomic E-state index is 12.5. The lowest BCUT2D eigenvalue weighted by atomic mass is 10.2. The first-order chi connectivity index (χ1) is 13.1. The number of carbonyl (C=O) groups is 2. The molecule has 0 spiro atoms. The van der Waals surface area contributed by atoms with E-state index in [9.17, 15) is 9.59 Å². The summed E-state index contributed by atoms with van der Waals surface area (Å²) in [4.78, 5) is 26.2. The van der Waals surface area contributed by atoms with E-state index in [1.807, 2.05) is 6.07 Å². The Bertz CT molecular complexity index is 928. The second-order valence-electron chi connectivity index (χ2n) is 5.75. The third-order valence-electron chi connectivity index (χ3n) is 3.97. The van der Waals surface area contributed by atoms with E-state index in [4.69, 9.17) is 25.8 Å². The molecule has 2 heterocycles. The van der Waals surface area contributed by atoms with Crippen LogP contribution < -0.4 is 14.2 Å². The third kappa shape index (κ3) is 3.89. The fourth-order valence-electron chi connectivity index (χ4n) is 2.63. The molecule has 138 valence electrons. The highest BCUT2D eigenvalue weighted by molar-refractivity contribution is 8.18. The molecule has 2 aromatic carbocycles. The summed E-state index contributed by atoms with van der Waals surface area (Å²) in [6, 6.07) is 12.3. The van der Waals surface area contributed by atoms with Gasteiger partial charge in [0.1, 0.15) is 12.4 Å². The van der Waals surface area contributed by atoms with Gasteiger partial charge in [0.05, 0.1) is 11.4 Å². The fourth-order valence-corrected chi connectivity index (χ4v) is 3.62. The predicted octanol–water partition coefficient (Wildman–Crippen LogP) is 4.18. The Morgan fingerprint density at radius 1 is 1.11 bits per heavy atom. The number of thioether (sulfide) groups is 1. The maximum Gasteiger partial charge on any atom is 0.293 e. The van der Waals surface area contributed by atoms with Crippen LogP contribution in [-0.2, 0) is 4.79 Å². The van der Waals surface area contributed by atoms with Crippen molar-refractivity contribution in [1.82, 2.24) is 4.90 Å². The van der Waals surface area contributed by atoms with E-state index in [1.54, 1.807) is 42.5 Å². The Labute approximate surface area is 164 Å². The molecular weight excluding hydrogens is 390 g/mol. The largest absolute Gasteiger partial charge is 0.492 e. The first-order valence-electron chi connectivity index (χ1n) is 8.13. The quantitative estimate of drug-likeness (QED) is 0.697. The Balaban J connectivity index is 1.40. The number of rotatable bonds is 5. The lowest BCUT2D eigenvalue weighted by Crippen LogP contribution is -2.32. The van der Waals surface area contributed by atoms with Gasteiger partial charge in [0.2, 0.25) is 6.79 Å². The van der Waals surface area contributed by atoms with Crippen molar-refractivity contribution in [3.63, 3.8) is 0 Å². The maximum absolute atomic E-state index is 12.5. The van der Waals surface area contributed by atoms with Crippen molar-refractivity contribution in [3.8, 4) is 17.2 Å². The van der Waals surface area contributed by atoms with Crippen LogP contribution in [-0.4, -0.2) is 36.0 Å². The first kappa shape index (κ1) is 17.8. The molecule has 2 aliphatic rings. The van der Waals surface area contributed by atoms with Crippen LogP contribution >= 0.6 is 23.4 Å². The van der Waals surface area contributed by atoms with Gasteiger partial charge >= 0.3 is 0 Å². The van der Waals surface area contributed by atoms with Crippen molar-refractivity contribution in [2.45, 2.75) is 0 Å². The number of halogens is 1. The van der Waals surface area contributed by atoms with E-state index in [1.165, 1.54) is 4.90 Å². The van der Waals surface area contributed by atoms with Crippen molar-refractivity contribution >= 4 is 40.6 Å². The first-order valence-corrected chi connectivity index (χ1v) is 9.33. The summed E-state index contributed by atoms with van der Waals surface area (Å²) < 4.78 is 16.2. The van der Waals surface area contributed by atoms with Crippen LogP contribution in [0.3, 0.4) is 0 Å².